The summed E-state index contributed by atoms with van der Waals surface area (Å²) in [6.07, 6.45) is -0.820. The summed E-state index contributed by atoms with van der Waals surface area (Å²) in [6.45, 7) is 5.54. The monoisotopic (exact) mass is 221 g/mol. The quantitative estimate of drug-likeness (QED) is 0.697. The molecule has 1 aromatic carbocycles. The third kappa shape index (κ3) is 1.28. The van der Waals surface area contributed by atoms with Crippen LogP contribution in [0, 0.1) is 0 Å². The van der Waals surface area contributed by atoms with Crippen LogP contribution in [0.25, 0.3) is 0 Å². The van der Waals surface area contributed by atoms with Crippen LogP contribution in [0.2, 0.25) is 0 Å². The van der Waals surface area contributed by atoms with Gasteiger partial charge in [-0.1, -0.05) is 18.2 Å². The van der Waals surface area contributed by atoms with Gasteiger partial charge in [0.1, 0.15) is 11.7 Å². The fourth-order valence-corrected chi connectivity index (χ4v) is 2.52. The standard InChI is InChI=1S/C13H19NO2/c1-12(2)11(15)13(3,16)9-7-5-6-8-10(9)14(12)4/h5-8,11,15-16H,1-4H3. The topological polar surface area (TPSA) is 43.7 Å². The van der Waals surface area contributed by atoms with Gasteiger partial charge < -0.3 is 15.1 Å². The number of aliphatic hydroxyl groups excluding tert-OH is 1. The zero-order valence-electron chi connectivity index (χ0n) is 10.2. The van der Waals surface area contributed by atoms with Gasteiger partial charge in [-0.05, 0) is 26.8 Å². The molecule has 1 aromatic rings. The van der Waals surface area contributed by atoms with E-state index in [0.717, 1.165) is 11.3 Å². The lowest BCUT2D eigenvalue weighted by molar-refractivity contribution is -0.102. The van der Waals surface area contributed by atoms with Gasteiger partial charge in [0.25, 0.3) is 0 Å². The number of nitrogens with zero attached hydrogens (tertiary/aromatic N) is 1. The van der Waals surface area contributed by atoms with E-state index in [2.05, 4.69) is 0 Å². The predicted octanol–water partition coefficient (Wildman–Crippen LogP) is 1.48. The molecule has 1 aliphatic heterocycles. The zero-order chi connectivity index (χ0) is 12.1. The van der Waals surface area contributed by atoms with E-state index in [-0.39, 0.29) is 0 Å². The van der Waals surface area contributed by atoms with Crippen molar-refractivity contribution < 1.29 is 10.2 Å². The molecule has 2 N–H and O–H groups in total. The van der Waals surface area contributed by atoms with E-state index in [1.807, 2.05) is 50.1 Å². The van der Waals surface area contributed by atoms with Crippen molar-refractivity contribution in [1.82, 2.24) is 0 Å². The van der Waals surface area contributed by atoms with Crippen LogP contribution in [0.5, 0.6) is 0 Å². The molecule has 2 atom stereocenters. The van der Waals surface area contributed by atoms with Crippen molar-refractivity contribution in [3.63, 3.8) is 0 Å². The van der Waals surface area contributed by atoms with Crippen LogP contribution in [-0.2, 0) is 5.60 Å². The van der Waals surface area contributed by atoms with E-state index in [1.165, 1.54) is 0 Å². The molecule has 0 amide bonds. The van der Waals surface area contributed by atoms with Gasteiger partial charge in [-0.2, -0.15) is 0 Å². The van der Waals surface area contributed by atoms with Crippen molar-refractivity contribution in [1.29, 1.82) is 0 Å². The van der Waals surface area contributed by atoms with Crippen LogP contribution >= 0.6 is 0 Å². The minimum Gasteiger partial charge on any atom is -0.387 e. The lowest BCUT2D eigenvalue weighted by atomic mass is 9.74. The van der Waals surface area contributed by atoms with Gasteiger partial charge in [-0.25, -0.2) is 0 Å². The summed E-state index contributed by atoms with van der Waals surface area (Å²) >= 11 is 0. The van der Waals surface area contributed by atoms with Gasteiger partial charge in [0.15, 0.2) is 0 Å². The highest BCUT2D eigenvalue weighted by atomic mass is 16.3. The normalized spacial score (nSPS) is 32.4. The van der Waals surface area contributed by atoms with Crippen LogP contribution in [0.1, 0.15) is 26.3 Å². The highest BCUT2D eigenvalue weighted by Crippen LogP contribution is 2.44. The maximum absolute atomic E-state index is 10.5. The Morgan fingerprint density at radius 3 is 2.38 bits per heavy atom. The molecule has 2 unspecified atom stereocenters. The number of aliphatic hydroxyl groups is 2. The fourth-order valence-electron chi connectivity index (χ4n) is 2.52. The first-order valence-electron chi connectivity index (χ1n) is 5.53. The summed E-state index contributed by atoms with van der Waals surface area (Å²) in [7, 11) is 1.94. The molecule has 0 radical (unpaired) electrons. The Labute approximate surface area is 96.3 Å². The van der Waals surface area contributed by atoms with Gasteiger partial charge in [0.2, 0.25) is 0 Å². The van der Waals surface area contributed by atoms with Crippen LogP contribution in [0.15, 0.2) is 24.3 Å². The lowest BCUT2D eigenvalue weighted by Gasteiger charge is -2.52. The molecule has 1 heterocycles. The summed E-state index contributed by atoms with van der Waals surface area (Å²) in [5.41, 5.74) is 0.0666. The third-order valence-electron chi connectivity index (χ3n) is 3.88. The molecular weight excluding hydrogens is 202 g/mol. The minimum atomic E-state index is -1.20. The molecule has 16 heavy (non-hydrogen) atoms. The Morgan fingerprint density at radius 1 is 1.19 bits per heavy atom. The molecule has 0 saturated heterocycles. The molecule has 1 aliphatic rings. The maximum Gasteiger partial charge on any atom is 0.117 e. The highest BCUT2D eigenvalue weighted by Gasteiger charge is 2.50. The first-order chi connectivity index (χ1) is 7.29. The fraction of sp³-hybridized carbons (Fsp3) is 0.538. The number of hydrogen-bond acceptors (Lipinski definition) is 3. The van der Waals surface area contributed by atoms with Crippen molar-refractivity contribution in [2.75, 3.05) is 11.9 Å². The smallest absolute Gasteiger partial charge is 0.117 e. The van der Waals surface area contributed by atoms with Gasteiger partial charge >= 0.3 is 0 Å². The summed E-state index contributed by atoms with van der Waals surface area (Å²) in [5.74, 6) is 0. The summed E-state index contributed by atoms with van der Waals surface area (Å²) in [5, 5.41) is 20.8. The Kier molecular flexibility index (Phi) is 2.30. The number of para-hydroxylation sites is 1. The molecule has 88 valence electrons. The summed E-state index contributed by atoms with van der Waals surface area (Å²) in [6, 6.07) is 7.66. The van der Waals surface area contributed by atoms with E-state index in [9.17, 15) is 10.2 Å². The van der Waals surface area contributed by atoms with Crippen LogP contribution in [-0.4, -0.2) is 28.9 Å². The van der Waals surface area contributed by atoms with Crippen molar-refractivity contribution in [3.05, 3.63) is 29.8 Å². The summed E-state index contributed by atoms with van der Waals surface area (Å²) < 4.78 is 0. The SMILES string of the molecule is CN1c2ccccc2C(C)(O)C(O)C1(C)C. The summed E-state index contributed by atoms with van der Waals surface area (Å²) in [4.78, 5) is 2.02. The van der Waals surface area contributed by atoms with Gasteiger partial charge in [0, 0.05) is 18.3 Å². The average Bonchev–Trinajstić information content (AvgIpc) is 2.25. The molecular formula is C13H19NO2. The van der Waals surface area contributed by atoms with Crippen molar-refractivity contribution >= 4 is 5.69 Å². The first kappa shape index (κ1) is 11.4. The average molecular weight is 221 g/mol. The zero-order valence-corrected chi connectivity index (χ0v) is 10.2. The van der Waals surface area contributed by atoms with Crippen LogP contribution in [0.4, 0.5) is 5.69 Å². The highest BCUT2D eigenvalue weighted by molar-refractivity contribution is 5.60. The molecule has 3 heteroatoms. The Morgan fingerprint density at radius 2 is 1.75 bits per heavy atom. The van der Waals surface area contributed by atoms with Gasteiger partial charge in [-0.15, -0.1) is 0 Å². The van der Waals surface area contributed by atoms with E-state index >= 15 is 0 Å². The molecule has 0 bridgehead atoms. The number of benzene rings is 1. The van der Waals surface area contributed by atoms with Crippen molar-refractivity contribution in [2.24, 2.45) is 0 Å². The van der Waals surface area contributed by atoms with Gasteiger partial charge in [-0.3, -0.25) is 0 Å². The predicted molar refractivity (Wildman–Crippen MR) is 64.5 cm³/mol. The number of fused-ring (bicyclic) bond motifs is 1. The largest absolute Gasteiger partial charge is 0.387 e. The van der Waals surface area contributed by atoms with Gasteiger partial charge in [0.05, 0.1) is 5.54 Å². The molecule has 3 nitrogen and oxygen atoms in total. The van der Waals surface area contributed by atoms with Crippen LogP contribution < -0.4 is 4.90 Å². The Hall–Kier alpha value is -1.06. The van der Waals surface area contributed by atoms with E-state index in [0.29, 0.717) is 0 Å². The van der Waals surface area contributed by atoms with Crippen molar-refractivity contribution in [3.8, 4) is 0 Å². The van der Waals surface area contributed by atoms with E-state index < -0.39 is 17.2 Å². The lowest BCUT2D eigenvalue weighted by Crippen LogP contribution is -2.62. The second-order valence-corrected chi connectivity index (χ2v) is 5.28. The molecule has 0 aromatic heterocycles. The Bertz CT molecular complexity index is 412. The van der Waals surface area contributed by atoms with Crippen molar-refractivity contribution in [2.45, 2.75) is 38.0 Å². The number of likely N-dealkylation sites (N-methyl/N-ethyl adjacent to an activating group) is 1. The number of hydrogen-bond donors (Lipinski definition) is 2. The second kappa shape index (κ2) is 3.22. The van der Waals surface area contributed by atoms with E-state index in [4.69, 9.17) is 0 Å². The van der Waals surface area contributed by atoms with Crippen LogP contribution in [0.3, 0.4) is 0 Å². The molecule has 0 spiro atoms. The first-order valence-corrected chi connectivity index (χ1v) is 5.53. The molecule has 0 saturated carbocycles. The van der Waals surface area contributed by atoms with E-state index in [1.54, 1.807) is 6.92 Å². The minimum absolute atomic E-state index is 0.488. The second-order valence-electron chi connectivity index (χ2n) is 5.28. The molecule has 2 rings (SSSR count). The molecule has 0 fully saturated rings. The number of rotatable bonds is 0. The number of anilines is 1. The Balaban J connectivity index is 2.67. The maximum atomic E-state index is 10.5. The third-order valence-corrected chi connectivity index (χ3v) is 3.88. The molecule has 0 aliphatic carbocycles.